The molecule has 4 aromatic rings. The van der Waals surface area contributed by atoms with Crippen molar-refractivity contribution in [3.63, 3.8) is 0 Å². The van der Waals surface area contributed by atoms with Crippen LogP contribution >= 0.6 is 0 Å². The van der Waals surface area contributed by atoms with E-state index < -0.39 is 64.0 Å². The fourth-order valence-corrected chi connectivity index (χ4v) is 9.16. The second-order valence-corrected chi connectivity index (χ2v) is 18.0. The van der Waals surface area contributed by atoms with Gasteiger partial charge in [-0.2, -0.15) is 0 Å². The second kappa shape index (κ2) is 23.3. The summed E-state index contributed by atoms with van der Waals surface area (Å²) in [5, 5.41) is 35.8. The van der Waals surface area contributed by atoms with E-state index >= 15 is 8.78 Å². The van der Waals surface area contributed by atoms with Gasteiger partial charge in [-0.25, -0.2) is 41.3 Å². The van der Waals surface area contributed by atoms with Crippen LogP contribution in [0.1, 0.15) is 44.1 Å². The van der Waals surface area contributed by atoms with Crippen molar-refractivity contribution in [1.82, 2.24) is 45.7 Å². The zero-order chi connectivity index (χ0) is 52.6. The summed E-state index contributed by atoms with van der Waals surface area (Å²) in [6.45, 7) is 5.19. The van der Waals surface area contributed by atoms with Crippen molar-refractivity contribution in [1.29, 1.82) is 16.2 Å². The van der Waals surface area contributed by atoms with E-state index in [1.165, 1.54) is 28.7 Å². The van der Waals surface area contributed by atoms with E-state index in [0.717, 1.165) is 81.1 Å². The van der Waals surface area contributed by atoms with Gasteiger partial charge in [0.25, 0.3) is 6.47 Å². The maximum atomic E-state index is 15.6. The van der Waals surface area contributed by atoms with Gasteiger partial charge < -0.3 is 35.0 Å². The number of anilines is 2. The molecule has 0 saturated carbocycles. The van der Waals surface area contributed by atoms with E-state index in [1.807, 2.05) is 5.01 Å². The number of aliphatic imine (C=N–C) groups is 1. The highest BCUT2D eigenvalue weighted by Gasteiger charge is 2.43. The Bertz CT molecular complexity index is 2970. The number of hydrogen-bond donors (Lipinski definition) is 7. The number of benzene rings is 2. The molecule has 0 radical (unpaired) electrons. The van der Waals surface area contributed by atoms with Gasteiger partial charge in [0.2, 0.25) is 11.7 Å². The number of carbonyl (C=O) groups excluding carboxylic acids is 2. The van der Waals surface area contributed by atoms with Gasteiger partial charge in [-0.3, -0.25) is 45.9 Å². The van der Waals surface area contributed by atoms with Crippen molar-refractivity contribution in [2.45, 2.75) is 51.6 Å². The van der Waals surface area contributed by atoms with Gasteiger partial charge in [0.05, 0.1) is 28.9 Å². The number of unbranched alkanes of at least 4 members (excludes halogenated alkanes) is 5. The summed E-state index contributed by atoms with van der Waals surface area (Å²) < 4.78 is 94.4. The van der Waals surface area contributed by atoms with Crippen LogP contribution in [0, 0.1) is 58.2 Å². The third-order valence-electron chi connectivity index (χ3n) is 13.0. The molecule has 2 aromatic carbocycles. The number of halogens is 6. The van der Waals surface area contributed by atoms with Crippen LogP contribution in [-0.2, 0) is 14.3 Å². The summed E-state index contributed by atoms with van der Waals surface area (Å²) in [6, 6.07) is 6.97. The highest BCUT2D eigenvalue weighted by Crippen LogP contribution is 2.36. The minimum absolute atomic E-state index is 0.00397. The quantitative estimate of drug-likeness (QED) is 0.0278. The number of carbonyl (C=O) groups is 2. The number of fused-ring (bicyclic) bond motifs is 2. The average Bonchev–Trinajstić information content (AvgIpc) is 3.38. The maximum absolute atomic E-state index is 15.6. The molecule has 2 unspecified atom stereocenters. The molecule has 0 bridgehead atoms. The first-order valence-corrected chi connectivity index (χ1v) is 24.1. The minimum Gasteiger partial charge on any atom is -0.423 e. The number of allylic oxidation sites excluding steroid dienone is 1. The highest BCUT2D eigenvalue weighted by molar-refractivity contribution is 6.05. The number of nitrogens with one attached hydrogen (secondary N) is 7. The molecule has 74 heavy (non-hydrogen) atoms. The zero-order valence-electron chi connectivity index (χ0n) is 40.3. The number of aryl methyl sites for hydroxylation is 1. The van der Waals surface area contributed by atoms with Crippen molar-refractivity contribution < 1.29 is 40.7 Å². The summed E-state index contributed by atoms with van der Waals surface area (Å²) in [5.41, 5.74) is 2.68. The number of amidine groups is 1. The van der Waals surface area contributed by atoms with Gasteiger partial charge in [-0.1, -0.05) is 25.7 Å². The first-order chi connectivity index (χ1) is 35.6. The molecular formula is C49H55F6N15O4. The molecule has 392 valence electrons. The molecule has 6 heterocycles. The molecule has 4 aliphatic rings. The largest absolute Gasteiger partial charge is 0.423 e. The predicted octanol–water partition coefficient (Wildman–Crippen LogP) is 4.86. The minimum atomic E-state index is -1.27. The topological polar surface area (TPSA) is 226 Å². The van der Waals surface area contributed by atoms with Crippen LogP contribution < -0.4 is 36.6 Å². The van der Waals surface area contributed by atoms with Gasteiger partial charge in [0, 0.05) is 89.3 Å². The second-order valence-electron chi connectivity index (χ2n) is 18.0. The van der Waals surface area contributed by atoms with Gasteiger partial charge in [-0.05, 0) is 56.2 Å². The van der Waals surface area contributed by atoms with Gasteiger partial charge in [-0.15, -0.1) is 0 Å². The van der Waals surface area contributed by atoms with Crippen LogP contribution in [0.25, 0.3) is 16.7 Å². The maximum Gasteiger partial charge on any atom is 0.298 e. The molecule has 19 nitrogen and oxygen atoms in total. The Balaban J connectivity index is 0.689. The average molecular weight is 1030 g/mol. The number of Topliss-reactive ketones (excluding diaryl/α,β-unsaturated/α-hetero) is 1. The van der Waals surface area contributed by atoms with Crippen LogP contribution in [0.2, 0.25) is 0 Å². The van der Waals surface area contributed by atoms with Crippen LogP contribution in [0.15, 0.2) is 82.3 Å². The highest BCUT2D eigenvalue weighted by atomic mass is 19.2. The number of hydrogen-bond acceptors (Lipinski definition) is 13. The number of hydrazine groups is 1. The number of ketones is 1. The molecule has 7 N–H and O–H groups in total. The third kappa shape index (κ3) is 11.9. The van der Waals surface area contributed by atoms with E-state index in [-0.39, 0.29) is 90.2 Å². The lowest BCUT2D eigenvalue weighted by atomic mass is 9.92. The molecule has 0 amide bonds. The lowest BCUT2D eigenvalue weighted by molar-refractivity contribution is -0.132. The van der Waals surface area contributed by atoms with E-state index in [4.69, 9.17) is 21.0 Å². The number of nitrogens with zero attached hydrogens (tertiary/aromatic N) is 8. The monoisotopic (exact) mass is 1030 g/mol. The lowest BCUT2D eigenvalue weighted by Gasteiger charge is -2.41. The first-order valence-electron chi connectivity index (χ1n) is 24.1. The number of pyridine rings is 2. The Morgan fingerprint density at radius 2 is 1.36 bits per heavy atom. The van der Waals surface area contributed by atoms with Gasteiger partial charge >= 0.3 is 0 Å². The number of dihydropyridines is 1. The van der Waals surface area contributed by atoms with E-state index in [2.05, 4.69) is 31.4 Å². The van der Waals surface area contributed by atoms with Crippen LogP contribution in [0.4, 0.5) is 37.8 Å². The van der Waals surface area contributed by atoms with Crippen LogP contribution in [0.5, 0.6) is 0 Å². The molecule has 4 aliphatic heterocycles. The Morgan fingerprint density at radius 1 is 0.757 bits per heavy atom. The Kier molecular flexibility index (Phi) is 16.5. The van der Waals surface area contributed by atoms with Crippen molar-refractivity contribution >= 4 is 58.5 Å². The summed E-state index contributed by atoms with van der Waals surface area (Å²) in [7, 11) is 0. The third-order valence-corrected chi connectivity index (χ3v) is 13.0. The Morgan fingerprint density at radius 3 is 2.00 bits per heavy atom. The number of ether oxygens (including phenoxy) is 1. The zero-order valence-corrected chi connectivity index (χ0v) is 40.3. The molecule has 2 atom stereocenters. The van der Waals surface area contributed by atoms with E-state index in [1.54, 1.807) is 14.7 Å². The standard InChI is InChI=1S/C49H55F6N15O4/c1-29-26-69(38-10-8-30(50)22-34(38)52)43-32(41(29)72)24-36(54)46(61-43)66-18-20-68(21-19-66)64-48(57)60-13-7-5-3-2-4-6-12-59-47(56)63-49(58)67-16-14-65(15-17-67)45-37(55)25-33-42(73)40(74-28-71)27-70(44(33)62-45)39-11-9-31(51)23-35(39)53/h8-11,22-28,33,44H,2-7,12-21H2,1H3,(H3,57,60,64)(H4,56,58,59,63). The van der Waals surface area contributed by atoms with Gasteiger partial charge in [0.15, 0.2) is 52.1 Å². The van der Waals surface area contributed by atoms with Crippen molar-refractivity contribution in [3.05, 3.63) is 117 Å². The smallest absolute Gasteiger partial charge is 0.298 e. The fourth-order valence-electron chi connectivity index (χ4n) is 9.16. The molecule has 25 heteroatoms. The summed E-state index contributed by atoms with van der Waals surface area (Å²) in [4.78, 5) is 52.3. The fraction of sp³-hybridized carbons (Fsp3) is 0.388. The summed E-state index contributed by atoms with van der Waals surface area (Å²) >= 11 is 0. The molecule has 2 saturated heterocycles. The summed E-state index contributed by atoms with van der Waals surface area (Å²) in [6.07, 6.45) is 7.84. The molecule has 8 rings (SSSR count). The predicted molar refractivity (Wildman–Crippen MR) is 265 cm³/mol. The molecule has 0 spiro atoms. The Hall–Kier alpha value is -7.96. The normalized spacial score (nSPS) is 18.0. The SMILES string of the molecule is Cc1cn(-c2ccc(F)cc2F)c2nc(N3CCN(NC(=N)NCCCCCCCCNC(=N)NC(=N)N4CCN(C5=NC6C(C=C5F)C(=O)C(OC=O)=CN6c5ccc(F)cc5F)CC4)CC3)c(F)cc2c1=O. The van der Waals surface area contributed by atoms with Crippen LogP contribution in [0.3, 0.4) is 0 Å². The molecule has 2 fully saturated rings. The lowest BCUT2D eigenvalue weighted by Crippen LogP contribution is -2.56. The Labute approximate surface area is 421 Å². The van der Waals surface area contributed by atoms with Gasteiger partial charge in [0.1, 0.15) is 29.4 Å². The number of aromatic nitrogens is 2. The van der Waals surface area contributed by atoms with Crippen molar-refractivity contribution in [2.75, 3.05) is 75.2 Å². The van der Waals surface area contributed by atoms with Crippen LogP contribution in [-0.4, -0.2) is 132 Å². The number of rotatable bonds is 15. The molecule has 0 aliphatic carbocycles. The number of guanidine groups is 3. The van der Waals surface area contributed by atoms with Crippen molar-refractivity contribution in [2.24, 2.45) is 10.9 Å². The van der Waals surface area contributed by atoms with E-state index in [0.29, 0.717) is 45.3 Å². The van der Waals surface area contributed by atoms with Crippen molar-refractivity contribution in [3.8, 4) is 5.69 Å². The number of piperazine rings is 2. The summed E-state index contributed by atoms with van der Waals surface area (Å²) in [5.74, 6) is -7.40. The first kappa shape index (κ1) is 52.4. The molecular weight excluding hydrogens is 977 g/mol. The van der Waals surface area contributed by atoms with E-state index in [9.17, 15) is 31.9 Å². The molecule has 2 aromatic heterocycles.